The molecule has 5 heteroatoms. The van der Waals surface area contributed by atoms with Crippen molar-refractivity contribution in [2.75, 3.05) is 0 Å². The van der Waals surface area contributed by atoms with Crippen molar-refractivity contribution < 1.29 is 14.3 Å². The second-order valence-electron chi connectivity index (χ2n) is 6.76. The number of rotatable bonds is 6. The summed E-state index contributed by atoms with van der Waals surface area (Å²) in [5.41, 5.74) is -0.393. The van der Waals surface area contributed by atoms with E-state index in [9.17, 15) is 9.90 Å². The third-order valence-electron chi connectivity index (χ3n) is 4.96. The smallest absolute Gasteiger partial charge is 0.231 e. The molecule has 130 valence electrons. The first-order valence-corrected chi connectivity index (χ1v) is 9.56. The fraction of sp³-hybridized carbons (Fsp3) is 0.526. The standard InChI is InChI=1S/C19H25NO3S/c1-14(13-15(21)16-7-5-11-23-16)20-18(22)19(9-3-2-4-10-19)17-8-6-12-24-17/h5-8,11-12,14-15,21H,2-4,9-10,13H2,1H3,(H,20,22). The number of amides is 1. The van der Waals surface area contributed by atoms with Gasteiger partial charge in [-0.25, -0.2) is 0 Å². The number of thiophene rings is 1. The third-order valence-corrected chi connectivity index (χ3v) is 6.03. The highest BCUT2D eigenvalue weighted by molar-refractivity contribution is 7.10. The van der Waals surface area contributed by atoms with Crippen LogP contribution in [0.4, 0.5) is 0 Å². The Kier molecular flexibility index (Phi) is 5.41. The predicted octanol–water partition coefficient (Wildman–Crippen LogP) is 4.17. The van der Waals surface area contributed by atoms with Crippen LogP contribution in [0.2, 0.25) is 0 Å². The van der Waals surface area contributed by atoms with Gasteiger partial charge in [-0.2, -0.15) is 0 Å². The Balaban J connectivity index is 1.67. The summed E-state index contributed by atoms with van der Waals surface area (Å²) >= 11 is 1.67. The molecule has 3 rings (SSSR count). The Labute approximate surface area is 146 Å². The van der Waals surface area contributed by atoms with Gasteiger partial charge in [-0.1, -0.05) is 25.3 Å². The Morgan fingerprint density at radius 2 is 2.12 bits per heavy atom. The number of carbonyl (C=O) groups is 1. The van der Waals surface area contributed by atoms with Gasteiger partial charge in [-0.15, -0.1) is 11.3 Å². The van der Waals surface area contributed by atoms with E-state index in [-0.39, 0.29) is 11.9 Å². The van der Waals surface area contributed by atoms with E-state index in [0.29, 0.717) is 12.2 Å². The maximum absolute atomic E-state index is 13.1. The first-order valence-electron chi connectivity index (χ1n) is 8.68. The van der Waals surface area contributed by atoms with E-state index < -0.39 is 11.5 Å². The van der Waals surface area contributed by atoms with E-state index >= 15 is 0 Å². The second-order valence-corrected chi connectivity index (χ2v) is 7.71. The molecule has 1 aliphatic carbocycles. The molecule has 2 aromatic heterocycles. The minimum absolute atomic E-state index is 0.101. The number of carbonyl (C=O) groups excluding carboxylic acids is 1. The normalized spacial score (nSPS) is 19.6. The average Bonchev–Trinajstić information content (AvgIpc) is 3.29. The fourth-order valence-electron chi connectivity index (χ4n) is 3.64. The molecule has 4 nitrogen and oxygen atoms in total. The summed E-state index contributed by atoms with van der Waals surface area (Å²) in [6, 6.07) is 7.51. The van der Waals surface area contributed by atoms with Crippen LogP contribution < -0.4 is 5.32 Å². The van der Waals surface area contributed by atoms with Crippen molar-refractivity contribution in [1.29, 1.82) is 0 Å². The van der Waals surface area contributed by atoms with Crippen LogP contribution in [-0.2, 0) is 10.2 Å². The molecule has 0 aromatic carbocycles. The number of furan rings is 1. The van der Waals surface area contributed by atoms with Gasteiger partial charge in [-0.3, -0.25) is 4.79 Å². The molecule has 0 spiro atoms. The van der Waals surface area contributed by atoms with Crippen molar-refractivity contribution in [1.82, 2.24) is 5.32 Å². The topological polar surface area (TPSA) is 62.5 Å². The molecule has 2 N–H and O–H groups in total. The van der Waals surface area contributed by atoms with E-state index in [0.717, 1.165) is 25.7 Å². The molecule has 2 aromatic rings. The van der Waals surface area contributed by atoms with Crippen LogP contribution >= 0.6 is 11.3 Å². The zero-order valence-electron chi connectivity index (χ0n) is 14.0. The predicted molar refractivity (Wildman–Crippen MR) is 95.0 cm³/mol. The highest BCUT2D eigenvalue weighted by atomic mass is 32.1. The zero-order chi connectivity index (χ0) is 17.0. The minimum atomic E-state index is -0.695. The number of nitrogens with one attached hydrogen (secondary N) is 1. The Morgan fingerprint density at radius 1 is 1.33 bits per heavy atom. The molecule has 0 radical (unpaired) electrons. The van der Waals surface area contributed by atoms with Gasteiger partial charge in [0.15, 0.2) is 0 Å². The van der Waals surface area contributed by atoms with Crippen molar-refractivity contribution in [3.05, 3.63) is 46.5 Å². The molecular formula is C19H25NO3S. The van der Waals surface area contributed by atoms with Crippen molar-refractivity contribution in [2.45, 2.75) is 63.0 Å². The first kappa shape index (κ1) is 17.2. The van der Waals surface area contributed by atoms with E-state index in [1.807, 2.05) is 18.4 Å². The van der Waals surface area contributed by atoms with Gasteiger partial charge in [0.05, 0.1) is 11.7 Å². The van der Waals surface area contributed by atoms with Gasteiger partial charge in [-0.05, 0) is 43.3 Å². The van der Waals surface area contributed by atoms with E-state index in [1.165, 1.54) is 11.3 Å². The Hall–Kier alpha value is -1.59. The maximum Gasteiger partial charge on any atom is 0.231 e. The molecule has 0 saturated heterocycles. The van der Waals surface area contributed by atoms with E-state index in [4.69, 9.17) is 4.42 Å². The summed E-state index contributed by atoms with van der Waals surface area (Å²) in [4.78, 5) is 14.3. The third kappa shape index (κ3) is 3.57. The Bertz CT molecular complexity index is 630. The lowest BCUT2D eigenvalue weighted by molar-refractivity contribution is -0.128. The average molecular weight is 347 g/mol. The summed E-state index contributed by atoms with van der Waals surface area (Å²) in [5.74, 6) is 0.644. The quantitative estimate of drug-likeness (QED) is 0.824. The lowest BCUT2D eigenvalue weighted by atomic mass is 9.72. The van der Waals surface area contributed by atoms with Crippen molar-refractivity contribution in [3.63, 3.8) is 0 Å². The summed E-state index contributed by atoms with van der Waals surface area (Å²) in [6.07, 6.45) is 6.50. The highest BCUT2D eigenvalue weighted by Gasteiger charge is 2.42. The molecule has 2 unspecified atom stereocenters. The minimum Gasteiger partial charge on any atom is -0.467 e. The second kappa shape index (κ2) is 7.53. The highest BCUT2D eigenvalue weighted by Crippen LogP contribution is 2.42. The van der Waals surface area contributed by atoms with E-state index in [2.05, 4.69) is 11.4 Å². The van der Waals surface area contributed by atoms with Crippen molar-refractivity contribution in [2.24, 2.45) is 0 Å². The fourth-order valence-corrected chi connectivity index (χ4v) is 4.63. The van der Waals surface area contributed by atoms with Crippen molar-refractivity contribution in [3.8, 4) is 0 Å². The molecular weight excluding hydrogens is 322 g/mol. The lowest BCUT2D eigenvalue weighted by Crippen LogP contribution is -2.48. The van der Waals surface area contributed by atoms with Crippen LogP contribution in [0.5, 0.6) is 0 Å². The van der Waals surface area contributed by atoms with Crippen LogP contribution in [0.15, 0.2) is 40.3 Å². The van der Waals surface area contributed by atoms with Gasteiger partial charge >= 0.3 is 0 Å². The summed E-state index contributed by atoms with van der Waals surface area (Å²) < 4.78 is 5.24. The van der Waals surface area contributed by atoms with Crippen LogP contribution in [0, 0.1) is 0 Å². The number of hydrogen-bond donors (Lipinski definition) is 2. The van der Waals surface area contributed by atoms with Gasteiger partial charge < -0.3 is 14.8 Å². The van der Waals surface area contributed by atoms with Gasteiger partial charge in [0.2, 0.25) is 5.91 Å². The van der Waals surface area contributed by atoms with Gasteiger partial charge in [0.25, 0.3) is 0 Å². The van der Waals surface area contributed by atoms with Crippen LogP contribution in [0.3, 0.4) is 0 Å². The SMILES string of the molecule is CC(CC(O)c1ccco1)NC(=O)C1(c2cccs2)CCCCC1. The van der Waals surface area contributed by atoms with Crippen molar-refractivity contribution >= 4 is 17.2 Å². The summed E-state index contributed by atoms with van der Waals surface area (Å²) in [7, 11) is 0. The van der Waals surface area contributed by atoms with Gasteiger partial charge in [0, 0.05) is 17.3 Å². The molecule has 24 heavy (non-hydrogen) atoms. The first-order chi connectivity index (χ1) is 11.6. The van der Waals surface area contributed by atoms with Crippen LogP contribution in [0.25, 0.3) is 0 Å². The molecule has 1 saturated carbocycles. The largest absolute Gasteiger partial charge is 0.467 e. The zero-order valence-corrected chi connectivity index (χ0v) is 14.8. The molecule has 2 atom stereocenters. The number of aliphatic hydroxyl groups excluding tert-OH is 1. The molecule has 0 bridgehead atoms. The number of hydrogen-bond acceptors (Lipinski definition) is 4. The molecule has 1 amide bonds. The van der Waals surface area contributed by atoms with E-state index in [1.54, 1.807) is 29.7 Å². The molecule has 2 heterocycles. The van der Waals surface area contributed by atoms with Gasteiger partial charge in [0.1, 0.15) is 11.9 Å². The summed E-state index contributed by atoms with van der Waals surface area (Å²) in [5, 5.41) is 15.4. The monoisotopic (exact) mass is 347 g/mol. The Morgan fingerprint density at radius 3 is 2.75 bits per heavy atom. The lowest BCUT2D eigenvalue weighted by Gasteiger charge is -2.36. The number of aliphatic hydroxyl groups is 1. The molecule has 0 aliphatic heterocycles. The van der Waals surface area contributed by atoms with Crippen LogP contribution in [0.1, 0.15) is 62.2 Å². The maximum atomic E-state index is 13.1. The van der Waals surface area contributed by atoms with Crippen LogP contribution in [-0.4, -0.2) is 17.1 Å². The molecule has 1 aliphatic rings. The summed E-state index contributed by atoms with van der Waals surface area (Å²) in [6.45, 7) is 1.94. The molecule has 1 fully saturated rings.